The molecule has 0 unspecified atom stereocenters. The quantitative estimate of drug-likeness (QED) is 0.456. The molecule has 0 aliphatic carbocycles. The molecule has 0 aliphatic rings. The number of primary amides is 1. The number of urea groups is 1. The molecule has 1 aromatic carbocycles. The number of hydrogen-bond donors (Lipinski definition) is 4. The second kappa shape index (κ2) is 6.60. The third-order valence-electron chi connectivity index (χ3n) is 2.53. The topological polar surface area (TPSA) is 113 Å². The van der Waals surface area contributed by atoms with Crippen molar-refractivity contribution >= 4 is 23.3 Å². The molecule has 0 fully saturated rings. The Labute approximate surface area is 116 Å². The maximum Gasteiger partial charge on any atom is 0.316 e. The molecule has 20 heavy (non-hydrogen) atoms. The zero-order chi connectivity index (χ0) is 15.3. The predicted molar refractivity (Wildman–Crippen MR) is 74.9 cm³/mol. The first-order valence-corrected chi connectivity index (χ1v) is 5.90. The van der Waals surface area contributed by atoms with Gasteiger partial charge in [0.2, 0.25) is 0 Å². The normalized spacial score (nSPS) is 9.95. The number of carbonyl (C=O) groups excluding carboxylic acids is 2. The van der Waals surface area contributed by atoms with E-state index < -0.39 is 11.7 Å². The van der Waals surface area contributed by atoms with Gasteiger partial charge >= 0.3 is 6.03 Å². The molecule has 1 rings (SSSR count). The van der Waals surface area contributed by atoms with E-state index in [9.17, 15) is 14.0 Å². The summed E-state index contributed by atoms with van der Waals surface area (Å²) in [6.45, 7) is 0.589. The molecular formula is C12H18FN5O2. The van der Waals surface area contributed by atoms with Gasteiger partial charge in [0.1, 0.15) is 5.82 Å². The van der Waals surface area contributed by atoms with Crippen molar-refractivity contribution in [2.75, 3.05) is 38.2 Å². The van der Waals surface area contributed by atoms with Gasteiger partial charge < -0.3 is 27.0 Å². The van der Waals surface area contributed by atoms with Crippen LogP contribution in [0, 0.1) is 5.82 Å². The summed E-state index contributed by atoms with van der Waals surface area (Å²) in [4.78, 5) is 23.7. The van der Waals surface area contributed by atoms with Gasteiger partial charge in [-0.25, -0.2) is 9.18 Å². The first-order valence-electron chi connectivity index (χ1n) is 5.90. The van der Waals surface area contributed by atoms with Gasteiger partial charge in [0.25, 0.3) is 5.91 Å². The van der Waals surface area contributed by atoms with E-state index in [0.717, 1.165) is 6.07 Å². The summed E-state index contributed by atoms with van der Waals surface area (Å²) in [5.74, 6) is -1.32. The van der Waals surface area contributed by atoms with Crippen LogP contribution < -0.4 is 22.1 Å². The zero-order valence-electron chi connectivity index (χ0n) is 11.4. The van der Waals surface area contributed by atoms with Crippen molar-refractivity contribution < 1.29 is 14.0 Å². The summed E-state index contributed by atoms with van der Waals surface area (Å²) in [5, 5.41) is 5.36. The molecule has 3 amide bonds. The monoisotopic (exact) mass is 283 g/mol. The van der Waals surface area contributed by atoms with Crippen LogP contribution in [-0.2, 0) is 0 Å². The van der Waals surface area contributed by atoms with Crippen LogP contribution >= 0.6 is 0 Å². The molecule has 0 saturated carbocycles. The van der Waals surface area contributed by atoms with Gasteiger partial charge in [-0.15, -0.1) is 0 Å². The second-order valence-corrected chi connectivity index (χ2v) is 4.34. The Balaban J connectivity index is 2.62. The third kappa shape index (κ3) is 4.01. The summed E-state index contributed by atoms with van der Waals surface area (Å²) in [6, 6.07) is 2.03. The van der Waals surface area contributed by atoms with E-state index in [1.165, 1.54) is 11.0 Å². The van der Waals surface area contributed by atoms with Crippen molar-refractivity contribution in [2.45, 2.75) is 0 Å². The number of hydrogen-bond acceptors (Lipinski definition) is 4. The van der Waals surface area contributed by atoms with Crippen LogP contribution in [0.4, 0.5) is 20.6 Å². The van der Waals surface area contributed by atoms with Crippen LogP contribution in [0.5, 0.6) is 0 Å². The van der Waals surface area contributed by atoms with Gasteiger partial charge in [0, 0.05) is 32.9 Å². The highest BCUT2D eigenvalue weighted by Gasteiger charge is 2.11. The van der Waals surface area contributed by atoms with Gasteiger partial charge in [0.05, 0.1) is 11.3 Å². The predicted octanol–water partition coefficient (Wildman–Crippen LogP) is 0.190. The van der Waals surface area contributed by atoms with Gasteiger partial charge in [-0.2, -0.15) is 0 Å². The smallest absolute Gasteiger partial charge is 0.316 e. The average molecular weight is 283 g/mol. The standard InChI is InChI=1S/C12H18FN5O2/c1-18(2)12(20)17-4-3-16-10-5-7(11(15)19)9(14)6-8(10)13/h5-6,16H,3-4,14H2,1-2H3,(H2,15,19)(H,17,20). The minimum Gasteiger partial charge on any atom is -0.398 e. The van der Waals surface area contributed by atoms with Crippen molar-refractivity contribution in [1.82, 2.24) is 10.2 Å². The molecule has 6 N–H and O–H groups in total. The van der Waals surface area contributed by atoms with Crippen molar-refractivity contribution in [3.63, 3.8) is 0 Å². The van der Waals surface area contributed by atoms with Gasteiger partial charge in [0.15, 0.2) is 0 Å². The number of rotatable bonds is 5. The van der Waals surface area contributed by atoms with E-state index >= 15 is 0 Å². The van der Waals surface area contributed by atoms with Crippen LogP contribution in [-0.4, -0.2) is 44.0 Å². The van der Waals surface area contributed by atoms with Gasteiger partial charge in [-0.05, 0) is 12.1 Å². The Bertz CT molecular complexity index is 519. The third-order valence-corrected chi connectivity index (χ3v) is 2.53. The molecule has 0 heterocycles. The molecule has 0 aromatic heterocycles. The molecule has 0 atom stereocenters. The number of nitrogen functional groups attached to an aromatic ring is 1. The number of nitrogens with one attached hydrogen (secondary N) is 2. The fourth-order valence-electron chi connectivity index (χ4n) is 1.46. The van der Waals surface area contributed by atoms with Crippen LogP contribution in [0.25, 0.3) is 0 Å². The summed E-state index contributed by atoms with van der Waals surface area (Å²) in [5.41, 5.74) is 10.8. The molecule has 0 saturated heterocycles. The lowest BCUT2D eigenvalue weighted by atomic mass is 10.1. The minimum absolute atomic E-state index is 0.0125. The molecule has 0 radical (unpaired) electrons. The van der Waals surface area contributed by atoms with Crippen LogP contribution in [0.1, 0.15) is 10.4 Å². The van der Waals surface area contributed by atoms with E-state index in [0.29, 0.717) is 13.1 Å². The summed E-state index contributed by atoms with van der Waals surface area (Å²) < 4.78 is 13.6. The number of halogens is 1. The van der Waals surface area contributed by atoms with Crippen molar-refractivity contribution in [3.8, 4) is 0 Å². The van der Waals surface area contributed by atoms with Crippen LogP contribution in [0.15, 0.2) is 12.1 Å². The fourth-order valence-corrected chi connectivity index (χ4v) is 1.46. The first kappa shape index (κ1) is 15.5. The Kier molecular flexibility index (Phi) is 5.13. The summed E-state index contributed by atoms with van der Waals surface area (Å²) in [6.07, 6.45) is 0. The van der Waals surface area contributed by atoms with Crippen LogP contribution in [0.3, 0.4) is 0 Å². The maximum atomic E-state index is 13.6. The highest BCUT2D eigenvalue weighted by molar-refractivity contribution is 5.99. The Morgan fingerprint density at radius 2 is 1.95 bits per heavy atom. The summed E-state index contributed by atoms with van der Waals surface area (Å²) in [7, 11) is 3.23. The lowest BCUT2D eigenvalue weighted by molar-refractivity contribution is 0.100. The van der Waals surface area contributed by atoms with Gasteiger partial charge in [-0.1, -0.05) is 0 Å². The fraction of sp³-hybridized carbons (Fsp3) is 0.333. The van der Waals surface area contributed by atoms with Crippen molar-refractivity contribution in [3.05, 3.63) is 23.5 Å². The number of benzene rings is 1. The van der Waals surface area contributed by atoms with Gasteiger partial charge in [-0.3, -0.25) is 4.79 Å². The molecule has 0 spiro atoms. The molecule has 7 nitrogen and oxygen atoms in total. The Hall–Kier alpha value is -2.51. The number of nitrogens with zero attached hydrogens (tertiary/aromatic N) is 1. The van der Waals surface area contributed by atoms with Crippen LogP contribution in [0.2, 0.25) is 0 Å². The number of nitrogens with two attached hydrogens (primary N) is 2. The molecule has 1 aromatic rings. The lowest BCUT2D eigenvalue weighted by Gasteiger charge is -2.13. The highest BCUT2D eigenvalue weighted by Crippen LogP contribution is 2.21. The molecule has 8 heteroatoms. The maximum absolute atomic E-state index is 13.6. The molecule has 0 bridgehead atoms. The van der Waals surface area contributed by atoms with E-state index in [4.69, 9.17) is 11.5 Å². The zero-order valence-corrected chi connectivity index (χ0v) is 11.4. The molecule has 0 aliphatic heterocycles. The second-order valence-electron chi connectivity index (χ2n) is 4.34. The number of carbonyl (C=O) groups is 2. The Morgan fingerprint density at radius 1 is 1.30 bits per heavy atom. The summed E-state index contributed by atoms with van der Waals surface area (Å²) >= 11 is 0. The number of anilines is 2. The minimum atomic E-state index is -0.730. The largest absolute Gasteiger partial charge is 0.398 e. The molecule has 110 valence electrons. The Morgan fingerprint density at radius 3 is 2.50 bits per heavy atom. The average Bonchev–Trinajstić information content (AvgIpc) is 2.35. The van der Waals surface area contributed by atoms with E-state index in [-0.39, 0.29) is 23.0 Å². The highest BCUT2D eigenvalue weighted by atomic mass is 19.1. The van der Waals surface area contributed by atoms with E-state index in [2.05, 4.69) is 10.6 Å². The lowest BCUT2D eigenvalue weighted by Crippen LogP contribution is -2.37. The molecular weight excluding hydrogens is 265 g/mol. The van der Waals surface area contributed by atoms with Crippen molar-refractivity contribution in [2.24, 2.45) is 5.73 Å². The SMILES string of the molecule is CN(C)C(=O)NCCNc1cc(C(N)=O)c(N)cc1F. The van der Waals surface area contributed by atoms with E-state index in [1.54, 1.807) is 14.1 Å². The van der Waals surface area contributed by atoms with E-state index in [1.807, 2.05) is 0 Å². The number of amides is 3. The van der Waals surface area contributed by atoms with Crippen molar-refractivity contribution in [1.29, 1.82) is 0 Å². The first-order chi connectivity index (χ1) is 9.32.